The van der Waals surface area contributed by atoms with Gasteiger partial charge in [-0.2, -0.15) is 5.26 Å². The standard InChI is InChI=1S/C17H18BN3O2/c1-16(2)17(3,4)23-18(22-16)14-10-20-11-21-15(14)13-7-5-12(9-19)6-8-13/h5-8,10-11H,1-4H3. The largest absolute Gasteiger partial charge is 0.498 e. The van der Waals surface area contributed by atoms with Gasteiger partial charge in [-0.05, 0) is 45.4 Å². The van der Waals surface area contributed by atoms with Gasteiger partial charge in [0.25, 0.3) is 0 Å². The van der Waals surface area contributed by atoms with Crippen LogP contribution in [0.5, 0.6) is 0 Å². The molecule has 0 unspecified atom stereocenters. The summed E-state index contributed by atoms with van der Waals surface area (Å²) in [4.78, 5) is 8.51. The number of hydrogen-bond acceptors (Lipinski definition) is 5. The molecule has 1 aromatic heterocycles. The maximum atomic E-state index is 8.93. The minimum absolute atomic E-state index is 0.421. The van der Waals surface area contributed by atoms with Gasteiger partial charge in [0.1, 0.15) is 6.33 Å². The van der Waals surface area contributed by atoms with Crippen LogP contribution < -0.4 is 5.46 Å². The molecule has 0 amide bonds. The quantitative estimate of drug-likeness (QED) is 0.796. The van der Waals surface area contributed by atoms with Crippen molar-refractivity contribution in [2.75, 3.05) is 0 Å². The normalized spacial score (nSPS) is 18.7. The highest BCUT2D eigenvalue weighted by Crippen LogP contribution is 2.37. The molecule has 3 rings (SSSR count). The fourth-order valence-corrected chi connectivity index (χ4v) is 2.43. The van der Waals surface area contributed by atoms with E-state index in [1.807, 2.05) is 39.8 Å². The monoisotopic (exact) mass is 307 g/mol. The highest BCUT2D eigenvalue weighted by Gasteiger charge is 2.52. The highest BCUT2D eigenvalue weighted by atomic mass is 16.7. The predicted molar refractivity (Wildman–Crippen MR) is 87.9 cm³/mol. The van der Waals surface area contributed by atoms with Gasteiger partial charge in [-0.1, -0.05) is 12.1 Å². The number of benzene rings is 1. The summed E-state index contributed by atoms with van der Waals surface area (Å²) in [7, 11) is -0.521. The Morgan fingerprint density at radius 3 is 2.22 bits per heavy atom. The van der Waals surface area contributed by atoms with Crippen molar-refractivity contribution in [2.24, 2.45) is 0 Å². The number of nitriles is 1. The van der Waals surface area contributed by atoms with Gasteiger partial charge in [0.05, 0.1) is 28.5 Å². The van der Waals surface area contributed by atoms with Crippen LogP contribution in [-0.2, 0) is 9.31 Å². The number of rotatable bonds is 2. The molecule has 0 aliphatic carbocycles. The second-order valence-electron chi connectivity index (χ2n) is 6.60. The number of aromatic nitrogens is 2. The molecule has 1 fully saturated rings. The molecule has 5 nitrogen and oxygen atoms in total. The number of nitrogens with zero attached hydrogens (tertiary/aromatic N) is 3. The van der Waals surface area contributed by atoms with Crippen LogP contribution in [-0.4, -0.2) is 28.3 Å². The Labute approximate surface area is 136 Å². The van der Waals surface area contributed by atoms with Crippen LogP contribution in [0.1, 0.15) is 33.3 Å². The topological polar surface area (TPSA) is 68.0 Å². The maximum absolute atomic E-state index is 8.93. The molecule has 116 valence electrons. The maximum Gasteiger partial charge on any atom is 0.498 e. The fourth-order valence-electron chi connectivity index (χ4n) is 2.43. The zero-order chi connectivity index (χ0) is 16.7. The summed E-state index contributed by atoms with van der Waals surface area (Å²) in [6.45, 7) is 8.05. The third-order valence-corrected chi connectivity index (χ3v) is 4.54. The zero-order valence-electron chi connectivity index (χ0n) is 13.7. The van der Waals surface area contributed by atoms with E-state index in [1.54, 1.807) is 18.3 Å². The van der Waals surface area contributed by atoms with Crippen molar-refractivity contribution in [3.63, 3.8) is 0 Å². The second kappa shape index (κ2) is 5.45. The van der Waals surface area contributed by atoms with Crippen LogP contribution in [0.2, 0.25) is 0 Å². The van der Waals surface area contributed by atoms with Gasteiger partial charge in [-0.3, -0.25) is 0 Å². The van der Waals surface area contributed by atoms with Crippen molar-refractivity contribution in [2.45, 2.75) is 38.9 Å². The van der Waals surface area contributed by atoms with Crippen molar-refractivity contribution >= 4 is 12.6 Å². The third kappa shape index (κ3) is 2.74. The molecule has 0 radical (unpaired) electrons. The molecule has 23 heavy (non-hydrogen) atoms. The molecule has 0 saturated carbocycles. The minimum Gasteiger partial charge on any atom is -0.399 e. The molecule has 2 heterocycles. The second-order valence-corrected chi connectivity index (χ2v) is 6.60. The average molecular weight is 307 g/mol. The summed E-state index contributed by atoms with van der Waals surface area (Å²) in [6.07, 6.45) is 3.23. The molecule has 0 spiro atoms. The first kappa shape index (κ1) is 15.7. The van der Waals surface area contributed by atoms with E-state index in [1.165, 1.54) is 6.33 Å². The summed E-state index contributed by atoms with van der Waals surface area (Å²) in [6, 6.07) is 9.39. The van der Waals surface area contributed by atoms with Gasteiger partial charge in [-0.15, -0.1) is 0 Å². The molecule has 1 saturated heterocycles. The fraction of sp³-hybridized carbons (Fsp3) is 0.353. The van der Waals surface area contributed by atoms with Gasteiger partial charge in [-0.25, -0.2) is 9.97 Å². The van der Waals surface area contributed by atoms with Crippen LogP contribution in [0.4, 0.5) is 0 Å². The number of hydrogen-bond donors (Lipinski definition) is 0. The Morgan fingerprint density at radius 2 is 1.65 bits per heavy atom. The molecule has 1 aliphatic heterocycles. The van der Waals surface area contributed by atoms with Gasteiger partial charge in [0, 0.05) is 11.7 Å². The lowest BCUT2D eigenvalue weighted by atomic mass is 9.77. The molecule has 2 aromatic rings. The first-order valence-corrected chi connectivity index (χ1v) is 7.50. The van der Waals surface area contributed by atoms with E-state index in [-0.39, 0.29) is 0 Å². The molecule has 0 N–H and O–H groups in total. The van der Waals surface area contributed by atoms with Gasteiger partial charge in [0.2, 0.25) is 0 Å². The van der Waals surface area contributed by atoms with Crippen molar-refractivity contribution in [3.8, 4) is 17.3 Å². The van der Waals surface area contributed by atoms with Gasteiger partial charge < -0.3 is 9.31 Å². The zero-order valence-corrected chi connectivity index (χ0v) is 13.7. The van der Waals surface area contributed by atoms with Crippen molar-refractivity contribution < 1.29 is 9.31 Å². The van der Waals surface area contributed by atoms with Crippen LogP contribution in [0.25, 0.3) is 11.3 Å². The average Bonchev–Trinajstić information content (AvgIpc) is 2.75. The van der Waals surface area contributed by atoms with Crippen LogP contribution >= 0.6 is 0 Å². The van der Waals surface area contributed by atoms with E-state index in [0.717, 1.165) is 16.7 Å². The SMILES string of the molecule is CC1(C)OB(c2cncnc2-c2ccc(C#N)cc2)OC1(C)C. The lowest BCUT2D eigenvalue weighted by Gasteiger charge is -2.32. The molecular weight excluding hydrogens is 289 g/mol. The molecule has 0 atom stereocenters. The van der Waals surface area contributed by atoms with E-state index in [2.05, 4.69) is 16.0 Å². The van der Waals surface area contributed by atoms with E-state index < -0.39 is 18.3 Å². The molecule has 1 aliphatic rings. The molecule has 0 bridgehead atoms. The third-order valence-electron chi connectivity index (χ3n) is 4.54. The van der Waals surface area contributed by atoms with Crippen molar-refractivity contribution in [3.05, 3.63) is 42.4 Å². The summed E-state index contributed by atoms with van der Waals surface area (Å²) >= 11 is 0. The first-order chi connectivity index (χ1) is 10.8. The van der Waals surface area contributed by atoms with Crippen molar-refractivity contribution in [1.82, 2.24) is 9.97 Å². The lowest BCUT2D eigenvalue weighted by molar-refractivity contribution is 0.00578. The summed E-state index contributed by atoms with van der Waals surface area (Å²) in [5.41, 5.74) is 2.21. The summed E-state index contributed by atoms with van der Waals surface area (Å²) in [5, 5.41) is 8.93. The Hall–Kier alpha value is -2.23. The van der Waals surface area contributed by atoms with Crippen LogP contribution in [0.3, 0.4) is 0 Å². The van der Waals surface area contributed by atoms with E-state index in [4.69, 9.17) is 14.6 Å². The van der Waals surface area contributed by atoms with E-state index in [0.29, 0.717) is 5.56 Å². The Bertz CT molecular complexity index is 750. The van der Waals surface area contributed by atoms with Crippen molar-refractivity contribution in [1.29, 1.82) is 5.26 Å². The Morgan fingerprint density at radius 1 is 1.04 bits per heavy atom. The summed E-state index contributed by atoms with van der Waals surface area (Å²) < 4.78 is 12.2. The van der Waals surface area contributed by atoms with Gasteiger partial charge in [0.15, 0.2) is 0 Å². The lowest BCUT2D eigenvalue weighted by Crippen LogP contribution is -2.41. The predicted octanol–water partition coefficient (Wildman–Crippen LogP) is 2.31. The van der Waals surface area contributed by atoms with E-state index >= 15 is 0 Å². The molecule has 1 aromatic carbocycles. The Kier molecular flexibility index (Phi) is 3.71. The first-order valence-electron chi connectivity index (χ1n) is 7.50. The minimum atomic E-state index is -0.521. The summed E-state index contributed by atoms with van der Waals surface area (Å²) in [5.74, 6) is 0. The smallest absolute Gasteiger partial charge is 0.399 e. The molecule has 6 heteroatoms. The van der Waals surface area contributed by atoms with Crippen LogP contribution in [0.15, 0.2) is 36.8 Å². The van der Waals surface area contributed by atoms with E-state index in [9.17, 15) is 0 Å². The highest BCUT2D eigenvalue weighted by molar-refractivity contribution is 6.63. The Balaban J connectivity index is 2.01. The van der Waals surface area contributed by atoms with Gasteiger partial charge >= 0.3 is 7.12 Å². The molecular formula is C17H18BN3O2. The van der Waals surface area contributed by atoms with Crippen LogP contribution in [0, 0.1) is 11.3 Å².